The molecule has 0 saturated carbocycles. The number of benzene rings is 3. The van der Waals surface area contributed by atoms with Crippen LogP contribution in [0.5, 0.6) is 11.5 Å². The van der Waals surface area contributed by atoms with E-state index in [1.807, 2.05) is 42.5 Å². The number of para-hydroxylation sites is 1. The van der Waals surface area contributed by atoms with E-state index >= 15 is 0 Å². The first-order valence-electron chi connectivity index (χ1n) is 9.79. The first-order chi connectivity index (χ1) is 15.1. The van der Waals surface area contributed by atoms with E-state index in [9.17, 15) is 10.1 Å². The molecule has 0 aliphatic carbocycles. The molecule has 0 fully saturated rings. The molecular weight excluding hydrogens is 453 g/mol. The molecule has 0 spiro atoms. The summed E-state index contributed by atoms with van der Waals surface area (Å²) in [6, 6.07) is 19.7. The molecule has 0 atom stereocenters. The molecule has 0 unspecified atom stereocenters. The SMILES string of the molecule is COc1cccc(CNCCNc2ccc([N+](=O)[O-])cc2)c1OCc1ccc(Cl)cc1.Cl. The Morgan fingerprint density at radius 1 is 1.00 bits per heavy atom. The monoisotopic (exact) mass is 477 g/mol. The Balaban J connectivity index is 0.00000363. The third kappa shape index (κ3) is 7.30. The van der Waals surface area contributed by atoms with Crippen molar-refractivity contribution in [3.8, 4) is 11.5 Å². The molecule has 0 aliphatic heterocycles. The third-order valence-corrected chi connectivity index (χ3v) is 4.85. The van der Waals surface area contributed by atoms with Crippen LogP contribution in [0.15, 0.2) is 66.7 Å². The van der Waals surface area contributed by atoms with Gasteiger partial charge >= 0.3 is 0 Å². The van der Waals surface area contributed by atoms with Gasteiger partial charge in [-0.25, -0.2) is 0 Å². The van der Waals surface area contributed by atoms with Crippen molar-refractivity contribution >= 4 is 35.4 Å². The Hall–Kier alpha value is -3.00. The van der Waals surface area contributed by atoms with E-state index in [1.165, 1.54) is 12.1 Å². The zero-order valence-electron chi connectivity index (χ0n) is 17.5. The van der Waals surface area contributed by atoms with Gasteiger partial charge in [-0.1, -0.05) is 35.9 Å². The lowest BCUT2D eigenvalue weighted by molar-refractivity contribution is -0.384. The van der Waals surface area contributed by atoms with Crippen molar-refractivity contribution in [1.29, 1.82) is 0 Å². The summed E-state index contributed by atoms with van der Waals surface area (Å²) in [4.78, 5) is 10.3. The Labute approximate surface area is 198 Å². The largest absolute Gasteiger partial charge is 0.493 e. The molecule has 0 bridgehead atoms. The van der Waals surface area contributed by atoms with Crippen LogP contribution in [0.3, 0.4) is 0 Å². The number of nitrogens with zero attached hydrogens (tertiary/aromatic N) is 1. The van der Waals surface area contributed by atoms with E-state index in [0.717, 1.165) is 16.8 Å². The smallest absolute Gasteiger partial charge is 0.269 e. The van der Waals surface area contributed by atoms with Crippen molar-refractivity contribution in [3.05, 3.63) is 93.0 Å². The maximum absolute atomic E-state index is 10.7. The standard InChI is InChI=1S/C23H24ClN3O4.ClH/c1-30-22-4-2-3-18(23(22)31-16-17-5-7-19(24)8-6-17)15-25-13-14-26-20-9-11-21(12-10-20)27(28)29;/h2-12,25-26H,13-16H2,1H3;1H. The third-order valence-electron chi connectivity index (χ3n) is 4.60. The van der Waals surface area contributed by atoms with Crippen LogP contribution in [0.4, 0.5) is 11.4 Å². The predicted molar refractivity (Wildman–Crippen MR) is 129 cm³/mol. The second-order valence-electron chi connectivity index (χ2n) is 6.77. The van der Waals surface area contributed by atoms with Crippen LogP contribution in [-0.2, 0) is 13.2 Å². The van der Waals surface area contributed by atoms with Gasteiger partial charge in [0.2, 0.25) is 0 Å². The van der Waals surface area contributed by atoms with Crippen molar-refractivity contribution in [1.82, 2.24) is 5.32 Å². The average molecular weight is 478 g/mol. The molecule has 32 heavy (non-hydrogen) atoms. The predicted octanol–water partition coefficient (Wildman–Crippen LogP) is 5.46. The summed E-state index contributed by atoms with van der Waals surface area (Å²) >= 11 is 5.94. The van der Waals surface area contributed by atoms with Gasteiger partial charge in [0.1, 0.15) is 6.61 Å². The Morgan fingerprint density at radius 2 is 1.72 bits per heavy atom. The molecule has 0 aromatic heterocycles. The van der Waals surface area contributed by atoms with Crippen LogP contribution in [0.2, 0.25) is 5.02 Å². The van der Waals surface area contributed by atoms with Gasteiger partial charge in [-0.15, -0.1) is 12.4 Å². The summed E-state index contributed by atoms with van der Waals surface area (Å²) in [6.45, 7) is 2.38. The molecule has 0 radical (unpaired) electrons. The van der Waals surface area contributed by atoms with Crippen molar-refractivity contribution in [2.24, 2.45) is 0 Å². The van der Waals surface area contributed by atoms with Crippen LogP contribution < -0.4 is 20.1 Å². The Bertz CT molecular complexity index is 999. The van der Waals surface area contributed by atoms with Crippen molar-refractivity contribution in [2.45, 2.75) is 13.2 Å². The Kier molecular flexibility index (Phi) is 10.1. The molecule has 3 rings (SSSR count). The van der Waals surface area contributed by atoms with E-state index < -0.39 is 4.92 Å². The molecule has 3 aromatic carbocycles. The zero-order valence-corrected chi connectivity index (χ0v) is 19.1. The fraction of sp³-hybridized carbons (Fsp3) is 0.217. The van der Waals surface area contributed by atoms with Crippen LogP contribution in [-0.4, -0.2) is 25.1 Å². The van der Waals surface area contributed by atoms with Gasteiger partial charge in [-0.2, -0.15) is 0 Å². The molecule has 9 heteroatoms. The number of methoxy groups -OCH3 is 1. The summed E-state index contributed by atoms with van der Waals surface area (Å²) in [7, 11) is 1.62. The number of hydrogen-bond donors (Lipinski definition) is 2. The van der Waals surface area contributed by atoms with E-state index in [-0.39, 0.29) is 18.1 Å². The normalized spacial score (nSPS) is 10.2. The van der Waals surface area contributed by atoms with Crippen LogP contribution in [0.1, 0.15) is 11.1 Å². The Morgan fingerprint density at radius 3 is 2.38 bits per heavy atom. The first kappa shape index (κ1) is 25.3. The molecule has 170 valence electrons. The van der Waals surface area contributed by atoms with E-state index in [0.29, 0.717) is 42.8 Å². The van der Waals surface area contributed by atoms with Crippen LogP contribution in [0.25, 0.3) is 0 Å². The summed E-state index contributed by atoms with van der Waals surface area (Å²) in [5, 5.41) is 18.0. The van der Waals surface area contributed by atoms with Gasteiger partial charge in [-0.3, -0.25) is 10.1 Å². The van der Waals surface area contributed by atoms with Crippen molar-refractivity contribution in [3.63, 3.8) is 0 Å². The number of ether oxygens (including phenoxy) is 2. The minimum Gasteiger partial charge on any atom is -0.493 e. The molecule has 3 aromatic rings. The number of nitrogens with one attached hydrogen (secondary N) is 2. The highest BCUT2D eigenvalue weighted by atomic mass is 35.5. The maximum Gasteiger partial charge on any atom is 0.269 e. The number of halogens is 2. The van der Waals surface area contributed by atoms with E-state index in [2.05, 4.69) is 10.6 Å². The highest BCUT2D eigenvalue weighted by Gasteiger charge is 2.11. The van der Waals surface area contributed by atoms with Crippen LogP contribution in [0, 0.1) is 10.1 Å². The lowest BCUT2D eigenvalue weighted by Crippen LogP contribution is -2.22. The number of nitro groups is 1. The lowest BCUT2D eigenvalue weighted by atomic mass is 10.1. The highest BCUT2D eigenvalue weighted by Crippen LogP contribution is 2.32. The van der Waals surface area contributed by atoms with Crippen molar-refractivity contribution in [2.75, 3.05) is 25.5 Å². The fourth-order valence-electron chi connectivity index (χ4n) is 2.98. The van der Waals surface area contributed by atoms with Gasteiger partial charge in [0.15, 0.2) is 11.5 Å². The molecule has 0 amide bonds. The number of anilines is 1. The summed E-state index contributed by atoms with van der Waals surface area (Å²) in [5.74, 6) is 1.38. The minimum atomic E-state index is -0.411. The topological polar surface area (TPSA) is 85.7 Å². The molecule has 0 heterocycles. The first-order valence-corrected chi connectivity index (χ1v) is 10.2. The van der Waals surface area contributed by atoms with Gasteiger partial charge in [-0.05, 0) is 35.9 Å². The van der Waals surface area contributed by atoms with E-state index in [1.54, 1.807) is 19.2 Å². The second-order valence-corrected chi connectivity index (χ2v) is 7.21. The van der Waals surface area contributed by atoms with Gasteiger partial charge in [0.05, 0.1) is 12.0 Å². The summed E-state index contributed by atoms with van der Waals surface area (Å²) in [5.41, 5.74) is 2.92. The summed E-state index contributed by atoms with van der Waals surface area (Å²) in [6.07, 6.45) is 0. The minimum absolute atomic E-state index is 0. The van der Waals surface area contributed by atoms with E-state index in [4.69, 9.17) is 21.1 Å². The van der Waals surface area contributed by atoms with Crippen LogP contribution >= 0.6 is 24.0 Å². The van der Waals surface area contributed by atoms with Crippen molar-refractivity contribution < 1.29 is 14.4 Å². The number of hydrogen-bond acceptors (Lipinski definition) is 6. The maximum atomic E-state index is 10.7. The summed E-state index contributed by atoms with van der Waals surface area (Å²) < 4.78 is 11.5. The molecular formula is C23H25Cl2N3O4. The highest BCUT2D eigenvalue weighted by molar-refractivity contribution is 6.30. The number of nitro benzene ring substituents is 1. The second kappa shape index (κ2) is 12.8. The quantitative estimate of drug-likeness (QED) is 0.216. The number of rotatable bonds is 11. The molecule has 0 saturated heterocycles. The van der Waals surface area contributed by atoms with Gasteiger partial charge in [0.25, 0.3) is 5.69 Å². The van der Waals surface area contributed by atoms with Gasteiger partial charge in [0, 0.05) is 48.0 Å². The lowest BCUT2D eigenvalue weighted by Gasteiger charge is -2.16. The fourth-order valence-corrected chi connectivity index (χ4v) is 3.11. The van der Waals surface area contributed by atoms with Gasteiger partial charge < -0.3 is 20.1 Å². The molecule has 0 aliphatic rings. The number of non-ortho nitro benzene ring substituents is 1. The zero-order chi connectivity index (χ0) is 22.1. The molecule has 7 nitrogen and oxygen atoms in total. The molecule has 2 N–H and O–H groups in total. The average Bonchev–Trinajstić information content (AvgIpc) is 2.79.